The van der Waals surface area contributed by atoms with Gasteiger partial charge in [-0.3, -0.25) is 9.69 Å². The van der Waals surface area contributed by atoms with Crippen molar-refractivity contribution < 1.29 is 9.18 Å². The van der Waals surface area contributed by atoms with Gasteiger partial charge in [0.1, 0.15) is 11.2 Å². The quantitative estimate of drug-likeness (QED) is 0.800. The van der Waals surface area contributed by atoms with Crippen LogP contribution in [-0.2, 0) is 4.79 Å². The fraction of sp³-hybridized carbons (Fsp3) is 0.133. The average molecular weight is 352 g/mol. The van der Waals surface area contributed by atoms with Crippen molar-refractivity contribution in [3.8, 4) is 0 Å². The molecule has 2 nitrogen and oxygen atoms in total. The van der Waals surface area contributed by atoms with E-state index in [9.17, 15) is 9.18 Å². The van der Waals surface area contributed by atoms with Gasteiger partial charge in [0.05, 0.1) is 5.75 Å². The summed E-state index contributed by atoms with van der Waals surface area (Å²) in [5, 5.41) is -0.0996. The van der Waals surface area contributed by atoms with Crippen LogP contribution in [0.25, 0.3) is 0 Å². The van der Waals surface area contributed by atoms with Crippen LogP contribution in [0, 0.1) is 5.82 Å². The molecule has 1 heterocycles. The first-order valence-corrected chi connectivity index (χ1v) is 7.94. The number of nitrogens with zero attached hydrogens (tertiary/aromatic N) is 1. The highest BCUT2D eigenvalue weighted by Gasteiger charge is 2.34. The summed E-state index contributed by atoms with van der Waals surface area (Å²) in [6, 6.07) is 14.0. The van der Waals surface area contributed by atoms with Crippen LogP contribution < -0.4 is 4.90 Å². The largest absolute Gasteiger partial charge is 0.295 e. The maximum atomic E-state index is 13.4. The monoisotopic (exact) mass is 351 g/mol. The number of hydrogen-bond acceptors (Lipinski definition) is 2. The smallest absolute Gasteiger partial charge is 0.238 e. The zero-order valence-electron chi connectivity index (χ0n) is 10.4. The Kier molecular flexibility index (Phi) is 3.81. The molecule has 102 valence electrons. The molecule has 1 saturated heterocycles. The lowest BCUT2D eigenvalue weighted by Gasteiger charge is -2.24. The van der Waals surface area contributed by atoms with Crippen molar-refractivity contribution in [2.75, 3.05) is 10.7 Å². The number of carbonyl (C=O) groups is 1. The molecule has 0 aliphatic carbocycles. The number of anilines is 1. The number of benzene rings is 2. The summed E-state index contributed by atoms with van der Waals surface area (Å²) in [7, 11) is 0. The minimum atomic E-state index is -0.332. The third kappa shape index (κ3) is 2.60. The number of halogens is 2. The third-order valence-electron chi connectivity index (χ3n) is 3.11. The molecule has 5 heteroatoms. The van der Waals surface area contributed by atoms with Crippen molar-refractivity contribution in [1.82, 2.24) is 0 Å². The molecule has 3 rings (SSSR count). The Balaban J connectivity index is 1.98. The number of hydrogen-bond donors (Lipinski definition) is 0. The number of amides is 1. The molecule has 0 bridgehead atoms. The zero-order valence-corrected chi connectivity index (χ0v) is 12.8. The van der Waals surface area contributed by atoms with Crippen molar-refractivity contribution >= 4 is 39.3 Å². The van der Waals surface area contributed by atoms with Gasteiger partial charge in [-0.2, -0.15) is 0 Å². The first-order valence-electron chi connectivity index (χ1n) is 6.10. The second kappa shape index (κ2) is 5.58. The fourth-order valence-corrected chi connectivity index (χ4v) is 3.64. The summed E-state index contributed by atoms with van der Waals surface area (Å²) in [5.41, 5.74) is 1.64. The van der Waals surface area contributed by atoms with Crippen LogP contribution >= 0.6 is 27.7 Å². The van der Waals surface area contributed by atoms with E-state index < -0.39 is 0 Å². The second-order valence-corrected chi connectivity index (χ2v) is 6.44. The molecule has 0 radical (unpaired) electrons. The van der Waals surface area contributed by atoms with E-state index in [1.165, 1.54) is 12.1 Å². The Bertz CT molecular complexity index is 647. The lowest BCUT2D eigenvalue weighted by Crippen LogP contribution is -2.27. The van der Waals surface area contributed by atoms with Gasteiger partial charge < -0.3 is 0 Å². The molecular formula is C15H11BrFNOS. The van der Waals surface area contributed by atoms with Crippen LogP contribution in [0.15, 0.2) is 53.0 Å². The van der Waals surface area contributed by atoms with Crippen molar-refractivity contribution in [1.29, 1.82) is 0 Å². The molecular weight excluding hydrogens is 341 g/mol. The Morgan fingerprint density at radius 1 is 1.20 bits per heavy atom. The van der Waals surface area contributed by atoms with Crippen molar-refractivity contribution in [3.05, 3.63) is 64.4 Å². The minimum Gasteiger partial charge on any atom is -0.295 e. The second-order valence-electron chi connectivity index (χ2n) is 4.46. The summed E-state index contributed by atoms with van der Waals surface area (Å²) in [5.74, 6) is 0.0901. The van der Waals surface area contributed by atoms with Gasteiger partial charge in [0, 0.05) is 10.2 Å². The van der Waals surface area contributed by atoms with E-state index in [0.29, 0.717) is 11.4 Å². The Morgan fingerprint density at radius 3 is 2.65 bits per heavy atom. The van der Waals surface area contributed by atoms with Gasteiger partial charge in [-0.1, -0.05) is 34.1 Å². The molecule has 1 fully saturated rings. The van der Waals surface area contributed by atoms with Crippen LogP contribution in [-0.4, -0.2) is 11.7 Å². The molecule has 1 amide bonds. The van der Waals surface area contributed by atoms with Gasteiger partial charge in [-0.05, 0) is 35.9 Å². The SMILES string of the molecule is O=C1CS[C@H](c2ccc(Br)cc2)N1c1cccc(F)c1. The molecule has 0 saturated carbocycles. The van der Waals surface area contributed by atoms with Gasteiger partial charge in [0.15, 0.2) is 0 Å². The molecule has 2 aromatic carbocycles. The standard InChI is InChI=1S/C15H11BrFNOS/c16-11-6-4-10(5-7-11)15-18(14(19)9-20-15)13-3-1-2-12(17)8-13/h1-8,15H,9H2/t15-/m1/s1. The van der Waals surface area contributed by atoms with E-state index in [1.807, 2.05) is 24.3 Å². The molecule has 1 aliphatic rings. The van der Waals surface area contributed by atoms with Crippen molar-refractivity contribution in [2.45, 2.75) is 5.37 Å². The summed E-state index contributed by atoms with van der Waals surface area (Å²) in [4.78, 5) is 13.8. The molecule has 1 atom stereocenters. The van der Waals surface area contributed by atoms with Gasteiger partial charge >= 0.3 is 0 Å². The highest BCUT2D eigenvalue weighted by molar-refractivity contribution is 9.10. The highest BCUT2D eigenvalue weighted by atomic mass is 79.9. The van der Waals surface area contributed by atoms with E-state index in [4.69, 9.17) is 0 Å². The number of thioether (sulfide) groups is 1. The summed E-state index contributed by atoms with van der Waals surface area (Å²) in [6.45, 7) is 0. The lowest BCUT2D eigenvalue weighted by molar-refractivity contribution is -0.115. The topological polar surface area (TPSA) is 20.3 Å². The van der Waals surface area contributed by atoms with Crippen LogP contribution in [0.1, 0.15) is 10.9 Å². The predicted molar refractivity (Wildman–Crippen MR) is 83.2 cm³/mol. The Morgan fingerprint density at radius 2 is 1.95 bits per heavy atom. The van der Waals surface area contributed by atoms with Crippen molar-refractivity contribution in [3.63, 3.8) is 0 Å². The van der Waals surface area contributed by atoms with E-state index in [1.54, 1.807) is 28.8 Å². The first kappa shape index (κ1) is 13.6. The van der Waals surface area contributed by atoms with Gasteiger partial charge in [-0.15, -0.1) is 11.8 Å². The minimum absolute atomic E-state index is 0.00789. The maximum absolute atomic E-state index is 13.4. The molecule has 0 spiro atoms. The zero-order chi connectivity index (χ0) is 14.1. The average Bonchev–Trinajstić information content (AvgIpc) is 2.81. The predicted octanol–water partition coefficient (Wildman–Crippen LogP) is 4.37. The highest BCUT2D eigenvalue weighted by Crippen LogP contribution is 2.41. The Hall–Kier alpha value is -1.33. The van der Waals surface area contributed by atoms with E-state index in [0.717, 1.165) is 10.0 Å². The lowest BCUT2D eigenvalue weighted by atomic mass is 10.2. The van der Waals surface area contributed by atoms with Crippen molar-refractivity contribution in [2.24, 2.45) is 0 Å². The Labute approximate surface area is 129 Å². The summed E-state index contributed by atoms with van der Waals surface area (Å²) in [6.07, 6.45) is 0. The molecule has 20 heavy (non-hydrogen) atoms. The number of rotatable bonds is 2. The van der Waals surface area contributed by atoms with Crippen LogP contribution in [0.2, 0.25) is 0 Å². The molecule has 0 aromatic heterocycles. The van der Waals surface area contributed by atoms with Crippen LogP contribution in [0.3, 0.4) is 0 Å². The summed E-state index contributed by atoms with van der Waals surface area (Å²) >= 11 is 4.96. The van der Waals surface area contributed by atoms with E-state index in [-0.39, 0.29) is 17.1 Å². The van der Waals surface area contributed by atoms with Gasteiger partial charge in [0.2, 0.25) is 5.91 Å². The van der Waals surface area contributed by atoms with E-state index in [2.05, 4.69) is 15.9 Å². The molecule has 1 aliphatic heterocycles. The first-order chi connectivity index (χ1) is 9.65. The summed E-state index contributed by atoms with van der Waals surface area (Å²) < 4.78 is 14.4. The molecule has 2 aromatic rings. The number of carbonyl (C=O) groups excluding carboxylic acids is 1. The maximum Gasteiger partial charge on any atom is 0.238 e. The van der Waals surface area contributed by atoms with Gasteiger partial charge in [0.25, 0.3) is 0 Å². The molecule has 0 N–H and O–H groups in total. The normalized spacial score (nSPS) is 18.6. The van der Waals surface area contributed by atoms with Crippen LogP contribution in [0.5, 0.6) is 0 Å². The van der Waals surface area contributed by atoms with Crippen LogP contribution in [0.4, 0.5) is 10.1 Å². The molecule has 0 unspecified atom stereocenters. The van der Waals surface area contributed by atoms with E-state index >= 15 is 0 Å². The fourth-order valence-electron chi connectivity index (χ4n) is 2.20. The van der Waals surface area contributed by atoms with Gasteiger partial charge in [-0.25, -0.2) is 4.39 Å². The third-order valence-corrected chi connectivity index (χ3v) is 4.85.